The van der Waals surface area contributed by atoms with Crippen molar-refractivity contribution in [3.8, 4) is 0 Å². The van der Waals surface area contributed by atoms with Crippen molar-refractivity contribution in [3.05, 3.63) is 45.4 Å². The maximum absolute atomic E-state index is 12.3. The van der Waals surface area contributed by atoms with E-state index >= 15 is 0 Å². The van der Waals surface area contributed by atoms with Crippen molar-refractivity contribution in [1.29, 1.82) is 0 Å². The Balaban J connectivity index is 1.66. The van der Waals surface area contributed by atoms with Crippen molar-refractivity contribution in [2.45, 2.75) is 37.5 Å². The predicted octanol–water partition coefficient (Wildman–Crippen LogP) is 2.46. The van der Waals surface area contributed by atoms with Crippen molar-refractivity contribution in [2.24, 2.45) is 0 Å². The number of hydrogen-bond acceptors (Lipinski definition) is 4. The molecule has 3 rings (SSSR count). The number of nitrogens with one attached hydrogen (secondary N) is 1. The Kier molecular flexibility index (Phi) is 4.10. The normalized spacial score (nSPS) is 14.3. The largest absolute Gasteiger partial charge is 0.247 e. The number of aryl methyl sites for hydroxylation is 3. The molecule has 1 aliphatic rings. The number of benzene rings is 1. The lowest BCUT2D eigenvalue weighted by atomic mass is 10.1. The van der Waals surface area contributed by atoms with Crippen molar-refractivity contribution in [1.82, 2.24) is 9.71 Å². The fourth-order valence-electron chi connectivity index (χ4n) is 2.61. The highest BCUT2D eigenvalue weighted by Gasteiger charge is 2.18. The number of thiazole rings is 1. The SMILES string of the molecule is Cc1csc(CCNS(=O)(=O)c2ccc3c(c2)CCC3)n1. The summed E-state index contributed by atoms with van der Waals surface area (Å²) >= 11 is 1.57. The van der Waals surface area contributed by atoms with E-state index in [0.29, 0.717) is 17.9 Å². The van der Waals surface area contributed by atoms with Crippen LogP contribution in [0.5, 0.6) is 0 Å². The number of nitrogens with zero attached hydrogens (tertiary/aromatic N) is 1. The van der Waals surface area contributed by atoms with Crippen LogP contribution < -0.4 is 4.72 Å². The van der Waals surface area contributed by atoms with Crippen molar-refractivity contribution >= 4 is 21.4 Å². The van der Waals surface area contributed by atoms with E-state index in [1.54, 1.807) is 17.4 Å². The monoisotopic (exact) mass is 322 g/mol. The van der Waals surface area contributed by atoms with Gasteiger partial charge in [-0.2, -0.15) is 0 Å². The van der Waals surface area contributed by atoms with Gasteiger partial charge >= 0.3 is 0 Å². The van der Waals surface area contributed by atoms with Crippen LogP contribution >= 0.6 is 11.3 Å². The topological polar surface area (TPSA) is 59.1 Å². The van der Waals surface area contributed by atoms with Gasteiger partial charge in [0.1, 0.15) is 0 Å². The van der Waals surface area contributed by atoms with E-state index in [0.717, 1.165) is 30.0 Å². The smallest absolute Gasteiger partial charge is 0.240 e. The summed E-state index contributed by atoms with van der Waals surface area (Å²) in [5, 5.41) is 2.94. The maximum Gasteiger partial charge on any atom is 0.240 e. The van der Waals surface area contributed by atoms with E-state index < -0.39 is 10.0 Å². The minimum atomic E-state index is -3.42. The average Bonchev–Trinajstić information content (AvgIpc) is 3.06. The van der Waals surface area contributed by atoms with E-state index in [9.17, 15) is 8.42 Å². The number of sulfonamides is 1. The molecule has 21 heavy (non-hydrogen) atoms. The quantitative estimate of drug-likeness (QED) is 0.920. The molecule has 0 spiro atoms. The van der Waals surface area contributed by atoms with Gasteiger partial charge in [0.15, 0.2) is 0 Å². The number of fused-ring (bicyclic) bond motifs is 1. The summed E-state index contributed by atoms with van der Waals surface area (Å²) in [7, 11) is -3.42. The summed E-state index contributed by atoms with van der Waals surface area (Å²) in [5.74, 6) is 0. The zero-order valence-electron chi connectivity index (χ0n) is 11.9. The molecule has 0 aliphatic heterocycles. The van der Waals surface area contributed by atoms with Gasteiger partial charge in [-0.1, -0.05) is 6.07 Å². The molecule has 1 aromatic heterocycles. The summed E-state index contributed by atoms with van der Waals surface area (Å²) in [6.45, 7) is 2.32. The van der Waals surface area contributed by atoms with Crippen molar-refractivity contribution in [3.63, 3.8) is 0 Å². The number of hydrogen-bond donors (Lipinski definition) is 1. The molecule has 0 bridgehead atoms. The minimum absolute atomic E-state index is 0.374. The van der Waals surface area contributed by atoms with Crippen LogP contribution in [-0.4, -0.2) is 19.9 Å². The van der Waals surface area contributed by atoms with Gasteiger partial charge in [0.2, 0.25) is 10.0 Å². The highest BCUT2D eigenvalue weighted by molar-refractivity contribution is 7.89. The van der Waals surface area contributed by atoms with Crippen LogP contribution in [0, 0.1) is 6.92 Å². The summed E-state index contributed by atoms with van der Waals surface area (Å²) in [4.78, 5) is 4.71. The van der Waals surface area contributed by atoms with Crippen molar-refractivity contribution in [2.75, 3.05) is 6.54 Å². The summed E-state index contributed by atoms with van der Waals surface area (Å²) in [6.07, 6.45) is 3.79. The van der Waals surface area contributed by atoms with E-state index in [-0.39, 0.29) is 0 Å². The molecule has 112 valence electrons. The lowest BCUT2D eigenvalue weighted by Crippen LogP contribution is -2.26. The molecular formula is C15H18N2O2S2. The van der Waals surface area contributed by atoms with Crippen LogP contribution in [0.2, 0.25) is 0 Å². The molecule has 0 fully saturated rings. The van der Waals surface area contributed by atoms with E-state index in [1.807, 2.05) is 24.4 Å². The van der Waals surface area contributed by atoms with Crippen LogP contribution in [0.25, 0.3) is 0 Å². The molecule has 0 radical (unpaired) electrons. The molecule has 4 nitrogen and oxygen atoms in total. The second-order valence-corrected chi connectivity index (χ2v) is 8.02. The van der Waals surface area contributed by atoms with Crippen LogP contribution in [0.15, 0.2) is 28.5 Å². The molecule has 2 aromatic rings. The highest BCUT2D eigenvalue weighted by atomic mass is 32.2. The van der Waals surface area contributed by atoms with Gasteiger partial charge in [0.05, 0.1) is 9.90 Å². The van der Waals surface area contributed by atoms with Crippen molar-refractivity contribution < 1.29 is 8.42 Å². The molecular weight excluding hydrogens is 304 g/mol. The maximum atomic E-state index is 12.3. The lowest BCUT2D eigenvalue weighted by Gasteiger charge is -2.08. The first-order valence-corrected chi connectivity index (χ1v) is 9.43. The van der Waals surface area contributed by atoms with Gasteiger partial charge in [0.25, 0.3) is 0 Å². The van der Waals surface area contributed by atoms with Gasteiger partial charge in [-0.25, -0.2) is 18.1 Å². The van der Waals surface area contributed by atoms with Crippen LogP contribution in [0.1, 0.15) is 28.2 Å². The lowest BCUT2D eigenvalue weighted by molar-refractivity contribution is 0.581. The first-order chi connectivity index (χ1) is 10.0. The zero-order chi connectivity index (χ0) is 14.9. The Labute approximate surface area is 129 Å². The highest BCUT2D eigenvalue weighted by Crippen LogP contribution is 2.24. The molecule has 1 heterocycles. The molecule has 0 saturated heterocycles. The molecule has 0 atom stereocenters. The molecule has 0 saturated carbocycles. The van der Waals surface area contributed by atoms with E-state index in [2.05, 4.69) is 9.71 Å². The molecule has 1 aliphatic carbocycles. The third-order valence-electron chi connectivity index (χ3n) is 3.68. The fourth-order valence-corrected chi connectivity index (χ4v) is 4.47. The standard InChI is InChI=1S/C15H18N2O2S2/c1-11-10-20-15(17-11)7-8-16-21(18,19)14-6-5-12-3-2-4-13(12)9-14/h5-6,9-10,16H,2-4,7-8H2,1H3. The third-order valence-corrected chi connectivity index (χ3v) is 6.16. The second-order valence-electron chi connectivity index (χ2n) is 5.31. The van der Waals surface area contributed by atoms with Gasteiger partial charge in [-0.15, -0.1) is 11.3 Å². The number of aromatic nitrogens is 1. The summed E-state index contributed by atoms with van der Waals surface area (Å²) in [5.41, 5.74) is 3.44. The van der Waals surface area contributed by atoms with Gasteiger partial charge in [-0.3, -0.25) is 0 Å². The average molecular weight is 322 g/mol. The summed E-state index contributed by atoms with van der Waals surface area (Å²) < 4.78 is 27.3. The first kappa shape index (κ1) is 14.7. The Hall–Kier alpha value is -1.24. The van der Waals surface area contributed by atoms with E-state index in [1.165, 1.54) is 11.1 Å². The predicted molar refractivity (Wildman–Crippen MR) is 84.2 cm³/mol. The Morgan fingerprint density at radius 3 is 2.86 bits per heavy atom. The van der Waals surface area contributed by atoms with Gasteiger partial charge in [-0.05, 0) is 49.4 Å². The molecule has 1 aromatic carbocycles. The molecule has 0 amide bonds. The first-order valence-electron chi connectivity index (χ1n) is 7.07. The summed E-state index contributed by atoms with van der Waals surface area (Å²) in [6, 6.07) is 5.47. The fraction of sp³-hybridized carbons (Fsp3) is 0.400. The third kappa shape index (κ3) is 3.33. The second kappa shape index (κ2) is 5.87. The number of rotatable bonds is 5. The Bertz CT molecular complexity index is 751. The van der Waals surface area contributed by atoms with E-state index in [4.69, 9.17) is 0 Å². The minimum Gasteiger partial charge on any atom is -0.247 e. The Morgan fingerprint density at radius 1 is 1.29 bits per heavy atom. The van der Waals surface area contributed by atoms with Crippen LogP contribution in [0.4, 0.5) is 0 Å². The van der Waals surface area contributed by atoms with Gasteiger partial charge < -0.3 is 0 Å². The Morgan fingerprint density at radius 2 is 2.10 bits per heavy atom. The van der Waals surface area contributed by atoms with Gasteiger partial charge in [0, 0.05) is 24.0 Å². The zero-order valence-corrected chi connectivity index (χ0v) is 13.6. The van der Waals surface area contributed by atoms with Crippen LogP contribution in [0.3, 0.4) is 0 Å². The molecule has 1 N–H and O–H groups in total. The molecule has 6 heteroatoms. The molecule has 0 unspecified atom stereocenters. The van der Waals surface area contributed by atoms with Crippen LogP contribution in [-0.2, 0) is 29.3 Å².